The Kier molecular flexibility index (Phi) is 2.16. The molecule has 0 amide bonds. The second kappa shape index (κ2) is 3.03. The fourth-order valence-electron chi connectivity index (χ4n) is 1.32. The molecule has 0 radical (unpaired) electrons. The lowest BCUT2D eigenvalue weighted by Crippen LogP contribution is -1.88. The highest BCUT2D eigenvalue weighted by Crippen LogP contribution is 2.30. The van der Waals surface area contributed by atoms with Gasteiger partial charge >= 0.3 is 0 Å². The standard InChI is InChI=1S/C9H7BrIN/c1-12-7-5-3-2-4-6(7)8(10)9(12)11/h2-5H,1H3. The van der Waals surface area contributed by atoms with E-state index in [-0.39, 0.29) is 0 Å². The third kappa shape index (κ3) is 1.10. The van der Waals surface area contributed by atoms with Crippen LogP contribution in [0.3, 0.4) is 0 Å². The summed E-state index contributed by atoms with van der Waals surface area (Å²) in [6.45, 7) is 0. The molecule has 0 saturated heterocycles. The first-order chi connectivity index (χ1) is 5.72. The molecule has 3 heteroatoms. The number of rotatable bonds is 0. The Labute approximate surface area is 93.0 Å². The Hall–Kier alpha value is -0.0300. The van der Waals surface area contributed by atoms with Crippen LogP contribution in [-0.4, -0.2) is 4.57 Å². The van der Waals surface area contributed by atoms with E-state index in [2.05, 4.69) is 74.4 Å². The topological polar surface area (TPSA) is 4.93 Å². The van der Waals surface area contributed by atoms with Gasteiger partial charge in [0.2, 0.25) is 0 Å². The maximum atomic E-state index is 3.57. The summed E-state index contributed by atoms with van der Waals surface area (Å²) in [7, 11) is 2.08. The Balaban J connectivity index is 2.99. The number of fused-ring (bicyclic) bond motifs is 1. The quantitative estimate of drug-likeness (QED) is 0.649. The number of hydrogen-bond acceptors (Lipinski definition) is 0. The van der Waals surface area contributed by atoms with Crippen molar-refractivity contribution in [3.63, 3.8) is 0 Å². The number of benzene rings is 1. The molecule has 1 heterocycles. The fourth-order valence-corrected chi connectivity index (χ4v) is 2.47. The lowest BCUT2D eigenvalue weighted by atomic mass is 10.2. The van der Waals surface area contributed by atoms with Gasteiger partial charge in [-0.25, -0.2) is 0 Å². The number of nitrogens with zero attached hydrogens (tertiary/aromatic N) is 1. The number of halogens is 2. The smallest absolute Gasteiger partial charge is 0.0950 e. The van der Waals surface area contributed by atoms with E-state index >= 15 is 0 Å². The Bertz CT molecular complexity index is 394. The highest BCUT2D eigenvalue weighted by Gasteiger charge is 2.08. The number of aromatic nitrogens is 1. The highest BCUT2D eigenvalue weighted by molar-refractivity contribution is 14.1. The maximum Gasteiger partial charge on any atom is 0.0950 e. The van der Waals surface area contributed by atoms with Crippen LogP contribution in [0.15, 0.2) is 28.7 Å². The first-order valence-electron chi connectivity index (χ1n) is 3.60. The molecule has 12 heavy (non-hydrogen) atoms. The van der Waals surface area contributed by atoms with Gasteiger partial charge in [0.25, 0.3) is 0 Å². The predicted molar refractivity (Wildman–Crippen MR) is 63.3 cm³/mol. The van der Waals surface area contributed by atoms with Crippen LogP contribution in [0.25, 0.3) is 10.9 Å². The molecule has 0 fully saturated rings. The molecule has 0 atom stereocenters. The third-order valence-electron chi connectivity index (χ3n) is 1.98. The van der Waals surface area contributed by atoms with Crippen LogP contribution < -0.4 is 0 Å². The average molecular weight is 336 g/mol. The molecule has 0 aliphatic rings. The van der Waals surface area contributed by atoms with Crippen LogP contribution >= 0.6 is 38.5 Å². The first-order valence-corrected chi connectivity index (χ1v) is 5.47. The van der Waals surface area contributed by atoms with Crippen molar-refractivity contribution in [3.05, 3.63) is 32.4 Å². The fraction of sp³-hybridized carbons (Fsp3) is 0.111. The van der Waals surface area contributed by atoms with Crippen molar-refractivity contribution in [1.29, 1.82) is 0 Å². The molecule has 0 saturated carbocycles. The lowest BCUT2D eigenvalue weighted by Gasteiger charge is -1.95. The van der Waals surface area contributed by atoms with Crippen molar-refractivity contribution in [2.24, 2.45) is 7.05 Å². The molecule has 0 aliphatic carbocycles. The molecular weight excluding hydrogens is 329 g/mol. The minimum Gasteiger partial charge on any atom is -0.338 e. The van der Waals surface area contributed by atoms with Crippen molar-refractivity contribution in [3.8, 4) is 0 Å². The van der Waals surface area contributed by atoms with E-state index in [0.717, 1.165) is 0 Å². The van der Waals surface area contributed by atoms with Crippen LogP contribution in [0.5, 0.6) is 0 Å². The van der Waals surface area contributed by atoms with Gasteiger partial charge in [-0.3, -0.25) is 0 Å². The monoisotopic (exact) mass is 335 g/mol. The molecule has 2 aromatic rings. The minimum absolute atomic E-state index is 1.20. The Morgan fingerprint density at radius 3 is 2.67 bits per heavy atom. The molecule has 0 bridgehead atoms. The third-order valence-corrected chi connectivity index (χ3v) is 4.78. The van der Waals surface area contributed by atoms with Gasteiger partial charge < -0.3 is 4.57 Å². The second-order valence-corrected chi connectivity index (χ2v) is 4.50. The van der Waals surface area contributed by atoms with Crippen molar-refractivity contribution in [2.75, 3.05) is 0 Å². The SMILES string of the molecule is Cn1c(I)c(Br)c2ccccc21. The summed E-state index contributed by atoms with van der Waals surface area (Å²) in [6, 6.07) is 8.37. The Morgan fingerprint density at radius 2 is 2.00 bits per heavy atom. The van der Waals surface area contributed by atoms with Gasteiger partial charge in [0.1, 0.15) is 0 Å². The van der Waals surface area contributed by atoms with E-state index in [1.54, 1.807) is 0 Å². The molecule has 1 aromatic heterocycles. The summed E-state index contributed by atoms with van der Waals surface area (Å²) in [6.07, 6.45) is 0. The molecule has 0 spiro atoms. The van der Waals surface area contributed by atoms with Crippen molar-refractivity contribution in [1.82, 2.24) is 4.57 Å². The van der Waals surface area contributed by atoms with Crippen LogP contribution in [-0.2, 0) is 7.05 Å². The average Bonchev–Trinajstić information content (AvgIpc) is 2.33. The minimum atomic E-state index is 1.20. The van der Waals surface area contributed by atoms with Crippen LogP contribution in [0.2, 0.25) is 0 Å². The van der Waals surface area contributed by atoms with Crippen LogP contribution in [0.4, 0.5) is 0 Å². The highest BCUT2D eigenvalue weighted by atomic mass is 127. The van der Waals surface area contributed by atoms with Gasteiger partial charge in [-0.1, -0.05) is 18.2 Å². The van der Waals surface area contributed by atoms with E-state index < -0.39 is 0 Å². The first kappa shape index (κ1) is 8.56. The summed E-state index contributed by atoms with van der Waals surface area (Å²) in [5.74, 6) is 0. The molecular formula is C9H7BrIN. The van der Waals surface area contributed by atoms with Gasteiger partial charge in [0.05, 0.1) is 8.17 Å². The van der Waals surface area contributed by atoms with Gasteiger partial charge in [-0.05, 0) is 44.6 Å². The van der Waals surface area contributed by atoms with Gasteiger partial charge in [0.15, 0.2) is 0 Å². The van der Waals surface area contributed by atoms with E-state index in [0.29, 0.717) is 0 Å². The van der Waals surface area contributed by atoms with Gasteiger partial charge in [0, 0.05) is 18.0 Å². The normalized spacial score (nSPS) is 10.9. The summed E-state index contributed by atoms with van der Waals surface area (Å²) in [5, 5.41) is 1.28. The molecule has 1 nitrogen and oxygen atoms in total. The van der Waals surface area contributed by atoms with Crippen molar-refractivity contribution < 1.29 is 0 Å². The summed E-state index contributed by atoms with van der Waals surface area (Å²) < 4.78 is 4.62. The van der Waals surface area contributed by atoms with Gasteiger partial charge in [-0.2, -0.15) is 0 Å². The van der Waals surface area contributed by atoms with Crippen LogP contribution in [0, 0.1) is 3.70 Å². The summed E-state index contributed by atoms with van der Waals surface area (Å²) in [4.78, 5) is 0. The number of hydrogen-bond donors (Lipinski definition) is 0. The predicted octanol–water partition coefficient (Wildman–Crippen LogP) is 3.55. The van der Waals surface area contributed by atoms with Crippen molar-refractivity contribution in [2.45, 2.75) is 0 Å². The van der Waals surface area contributed by atoms with E-state index in [9.17, 15) is 0 Å². The molecule has 0 unspecified atom stereocenters. The zero-order valence-corrected chi connectivity index (χ0v) is 10.3. The molecule has 0 aliphatic heterocycles. The number of aryl methyl sites for hydroxylation is 1. The van der Waals surface area contributed by atoms with E-state index in [1.165, 1.54) is 19.1 Å². The second-order valence-electron chi connectivity index (χ2n) is 2.68. The Morgan fingerprint density at radius 1 is 1.33 bits per heavy atom. The van der Waals surface area contributed by atoms with E-state index in [1.807, 2.05) is 0 Å². The summed E-state index contributed by atoms with van der Waals surface area (Å²) >= 11 is 5.91. The molecule has 2 rings (SSSR count). The molecule has 1 aromatic carbocycles. The van der Waals surface area contributed by atoms with Crippen LogP contribution in [0.1, 0.15) is 0 Å². The zero-order valence-electron chi connectivity index (χ0n) is 6.51. The maximum absolute atomic E-state index is 3.57. The largest absolute Gasteiger partial charge is 0.338 e. The van der Waals surface area contributed by atoms with Crippen molar-refractivity contribution >= 4 is 49.4 Å². The van der Waals surface area contributed by atoms with Gasteiger partial charge in [-0.15, -0.1) is 0 Å². The lowest BCUT2D eigenvalue weighted by molar-refractivity contribution is 0.934. The molecule has 0 N–H and O–H groups in total. The molecule has 62 valence electrons. The summed E-state index contributed by atoms with van der Waals surface area (Å²) in [5.41, 5.74) is 1.27. The zero-order chi connectivity index (χ0) is 8.72. The van der Waals surface area contributed by atoms with E-state index in [4.69, 9.17) is 0 Å². The number of para-hydroxylation sites is 1.